The van der Waals surface area contributed by atoms with Crippen molar-refractivity contribution in [3.63, 3.8) is 0 Å². The Labute approximate surface area is 135 Å². The second-order valence-corrected chi connectivity index (χ2v) is 5.30. The molecule has 0 saturated carbocycles. The van der Waals surface area contributed by atoms with Crippen LogP contribution < -0.4 is 0 Å². The van der Waals surface area contributed by atoms with Crippen molar-refractivity contribution >= 4 is 41.1 Å². The van der Waals surface area contributed by atoms with E-state index in [4.69, 9.17) is 27.9 Å². The van der Waals surface area contributed by atoms with E-state index in [1.54, 1.807) is 24.3 Å². The molecule has 3 nitrogen and oxygen atoms in total. The van der Waals surface area contributed by atoms with Gasteiger partial charge in [0.1, 0.15) is 5.82 Å². The van der Waals surface area contributed by atoms with Crippen LogP contribution in [0.2, 0.25) is 10.0 Å². The number of nitrogens with zero attached hydrogens (tertiary/aromatic N) is 1. The molecule has 0 aromatic heterocycles. The molecule has 110 valence electrons. The third-order valence-corrected chi connectivity index (χ3v) is 3.63. The standard InChI is InChI=1S/C16H8Cl2FNO2/c17-12-5-2-6-13(18)11(12)8-14-16(21)22-15(20-14)9-3-1-4-10(19)7-9/h1-8H/b14-8+. The van der Waals surface area contributed by atoms with E-state index in [0.29, 0.717) is 21.2 Å². The normalized spacial score (nSPS) is 15.9. The highest BCUT2D eigenvalue weighted by molar-refractivity contribution is 6.37. The molecule has 2 aromatic carbocycles. The van der Waals surface area contributed by atoms with Crippen LogP contribution in [-0.4, -0.2) is 11.9 Å². The van der Waals surface area contributed by atoms with Crippen molar-refractivity contribution in [3.05, 3.63) is 75.2 Å². The van der Waals surface area contributed by atoms with Crippen molar-refractivity contribution in [1.82, 2.24) is 0 Å². The first kappa shape index (κ1) is 14.8. The number of halogens is 3. The van der Waals surface area contributed by atoms with Crippen LogP contribution in [0.1, 0.15) is 11.1 Å². The lowest BCUT2D eigenvalue weighted by Crippen LogP contribution is -2.05. The van der Waals surface area contributed by atoms with Gasteiger partial charge in [0.15, 0.2) is 5.70 Å². The Morgan fingerprint density at radius 2 is 1.77 bits per heavy atom. The molecule has 2 aromatic rings. The van der Waals surface area contributed by atoms with Crippen molar-refractivity contribution < 1.29 is 13.9 Å². The molecule has 0 aliphatic carbocycles. The zero-order valence-electron chi connectivity index (χ0n) is 11.0. The molecule has 0 N–H and O–H groups in total. The zero-order chi connectivity index (χ0) is 15.7. The van der Waals surface area contributed by atoms with Gasteiger partial charge in [0.2, 0.25) is 5.90 Å². The van der Waals surface area contributed by atoms with Gasteiger partial charge in [0, 0.05) is 21.2 Å². The molecular weight excluding hydrogens is 328 g/mol. The third-order valence-electron chi connectivity index (χ3n) is 2.97. The summed E-state index contributed by atoms with van der Waals surface area (Å²) in [5.41, 5.74) is 0.901. The molecule has 1 aliphatic heterocycles. The Morgan fingerprint density at radius 3 is 2.45 bits per heavy atom. The highest BCUT2D eigenvalue weighted by Crippen LogP contribution is 2.28. The van der Waals surface area contributed by atoms with E-state index in [1.165, 1.54) is 24.3 Å². The maximum absolute atomic E-state index is 13.2. The minimum absolute atomic E-state index is 0.0407. The summed E-state index contributed by atoms with van der Waals surface area (Å²) >= 11 is 12.1. The summed E-state index contributed by atoms with van der Waals surface area (Å²) in [6.45, 7) is 0. The quantitative estimate of drug-likeness (QED) is 0.599. The Kier molecular flexibility index (Phi) is 3.96. The van der Waals surface area contributed by atoms with Gasteiger partial charge in [-0.25, -0.2) is 14.2 Å². The number of hydrogen-bond donors (Lipinski definition) is 0. The maximum atomic E-state index is 13.2. The van der Waals surface area contributed by atoms with E-state index in [2.05, 4.69) is 4.99 Å². The number of aliphatic imine (C=N–C) groups is 1. The molecule has 0 fully saturated rings. The van der Waals surface area contributed by atoms with Crippen LogP contribution in [0.4, 0.5) is 4.39 Å². The summed E-state index contributed by atoms with van der Waals surface area (Å²) in [4.78, 5) is 16.0. The third kappa shape index (κ3) is 2.89. The fourth-order valence-corrected chi connectivity index (χ4v) is 2.45. The topological polar surface area (TPSA) is 38.7 Å². The Balaban J connectivity index is 2.02. The van der Waals surface area contributed by atoms with Crippen LogP contribution in [0.3, 0.4) is 0 Å². The monoisotopic (exact) mass is 335 g/mol. The molecule has 0 unspecified atom stereocenters. The van der Waals surface area contributed by atoms with Gasteiger partial charge in [-0.05, 0) is 36.4 Å². The predicted octanol–water partition coefficient (Wildman–Crippen LogP) is 4.48. The van der Waals surface area contributed by atoms with E-state index < -0.39 is 11.8 Å². The van der Waals surface area contributed by atoms with Gasteiger partial charge in [0.25, 0.3) is 0 Å². The van der Waals surface area contributed by atoms with Crippen molar-refractivity contribution in [2.24, 2.45) is 4.99 Å². The summed E-state index contributed by atoms with van der Waals surface area (Å²) in [6, 6.07) is 10.6. The predicted molar refractivity (Wildman–Crippen MR) is 83.5 cm³/mol. The van der Waals surface area contributed by atoms with Gasteiger partial charge in [-0.2, -0.15) is 0 Å². The van der Waals surface area contributed by atoms with E-state index >= 15 is 0 Å². The van der Waals surface area contributed by atoms with Gasteiger partial charge < -0.3 is 4.74 Å². The summed E-state index contributed by atoms with van der Waals surface area (Å²) in [5, 5.41) is 0.782. The number of cyclic esters (lactones) is 1. The maximum Gasteiger partial charge on any atom is 0.363 e. The average molecular weight is 336 g/mol. The summed E-state index contributed by atoms with van der Waals surface area (Å²) in [7, 11) is 0. The van der Waals surface area contributed by atoms with Crippen LogP contribution in [-0.2, 0) is 9.53 Å². The number of carbonyl (C=O) groups excluding carboxylic acids is 1. The molecule has 0 amide bonds. The number of ether oxygens (including phenoxy) is 1. The van der Waals surface area contributed by atoms with Gasteiger partial charge in [-0.15, -0.1) is 0 Å². The molecule has 0 saturated heterocycles. The van der Waals surface area contributed by atoms with Gasteiger partial charge in [0.05, 0.1) is 0 Å². The lowest BCUT2D eigenvalue weighted by molar-refractivity contribution is -0.129. The first-order valence-electron chi connectivity index (χ1n) is 6.27. The second-order valence-electron chi connectivity index (χ2n) is 4.48. The smallest absolute Gasteiger partial charge is 0.363 e. The van der Waals surface area contributed by atoms with Crippen LogP contribution in [0.25, 0.3) is 6.08 Å². The Morgan fingerprint density at radius 1 is 1.09 bits per heavy atom. The van der Waals surface area contributed by atoms with Crippen LogP contribution in [0.5, 0.6) is 0 Å². The summed E-state index contributed by atoms with van der Waals surface area (Å²) < 4.78 is 18.3. The van der Waals surface area contributed by atoms with Crippen molar-refractivity contribution in [3.8, 4) is 0 Å². The average Bonchev–Trinajstić information content (AvgIpc) is 2.84. The lowest BCUT2D eigenvalue weighted by atomic mass is 10.2. The fourth-order valence-electron chi connectivity index (χ4n) is 1.94. The number of esters is 1. The molecular formula is C16H8Cl2FNO2. The van der Waals surface area contributed by atoms with Crippen LogP contribution in [0.15, 0.2) is 53.2 Å². The Hall–Kier alpha value is -2.17. The SMILES string of the molecule is O=C1OC(c2cccc(F)c2)=N/C1=C/c1c(Cl)cccc1Cl. The molecule has 1 aliphatic rings. The first-order valence-corrected chi connectivity index (χ1v) is 7.03. The highest BCUT2D eigenvalue weighted by Gasteiger charge is 2.25. The van der Waals surface area contributed by atoms with Gasteiger partial charge >= 0.3 is 5.97 Å². The van der Waals surface area contributed by atoms with E-state index in [-0.39, 0.29) is 11.6 Å². The van der Waals surface area contributed by atoms with Crippen molar-refractivity contribution in [1.29, 1.82) is 0 Å². The van der Waals surface area contributed by atoms with E-state index in [1.807, 2.05) is 0 Å². The van der Waals surface area contributed by atoms with Gasteiger partial charge in [-0.3, -0.25) is 0 Å². The summed E-state index contributed by atoms with van der Waals surface area (Å²) in [6.07, 6.45) is 1.44. The van der Waals surface area contributed by atoms with Crippen LogP contribution in [0, 0.1) is 5.82 Å². The number of rotatable bonds is 2. The Bertz CT molecular complexity index is 810. The highest BCUT2D eigenvalue weighted by atomic mass is 35.5. The summed E-state index contributed by atoms with van der Waals surface area (Å²) in [5.74, 6) is -1.04. The molecule has 22 heavy (non-hydrogen) atoms. The molecule has 0 spiro atoms. The number of carbonyl (C=O) groups is 1. The first-order chi connectivity index (χ1) is 10.5. The van der Waals surface area contributed by atoms with E-state index in [0.717, 1.165) is 0 Å². The van der Waals surface area contributed by atoms with Crippen molar-refractivity contribution in [2.75, 3.05) is 0 Å². The molecule has 3 rings (SSSR count). The second kappa shape index (κ2) is 5.91. The van der Waals surface area contributed by atoms with Crippen molar-refractivity contribution in [2.45, 2.75) is 0 Å². The largest absolute Gasteiger partial charge is 0.402 e. The number of benzene rings is 2. The molecule has 6 heteroatoms. The fraction of sp³-hybridized carbons (Fsp3) is 0. The molecule has 0 bridgehead atoms. The molecule has 0 radical (unpaired) electrons. The minimum atomic E-state index is -0.643. The number of hydrogen-bond acceptors (Lipinski definition) is 3. The molecule has 1 heterocycles. The van der Waals surface area contributed by atoms with Gasteiger partial charge in [-0.1, -0.05) is 35.3 Å². The zero-order valence-corrected chi connectivity index (χ0v) is 12.5. The van der Waals surface area contributed by atoms with E-state index in [9.17, 15) is 9.18 Å². The van der Waals surface area contributed by atoms with Crippen LogP contribution >= 0.6 is 23.2 Å². The molecule has 0 atom stereocenters. The minimum Gasteiger partial charge on any atom is -0.402 e. The lowest BCUT2D eigenvalue weighted by Gasteiger charge is -2.00.